The molecule has 36 heavy (non-hydrogen) atoms. The topological polar surface area (TPSA) is 111 Å². The monoisotopic (exact) mass is 503 g/mol. The van der Waals surface area contributed by atoms with Gasteiger partial charge in [-0.2, -0.15) is 5.10 Å². The summed E-state index contributed by atoms with van der Waals surface area (Å²) in [4.78, 5) is 12.4. The fourth-order valence-electron chi connectivity index (χ4n) is 3.33. The summed E-state index contributed by atoms with van der Waals surface area (Å²) in [6.07, 6.45) is 1.47. The van der Waals surface area contributed by atoms with Gasteiger partial charge in [-0.15, -0.1) is 10.2 Å². The first-order valence-corrected chi connectivity index (χ1v) is 12.0. The number of hydrazone groups is 1. The van der Waals surface area contributed by atoms with Crippen molar-refractivity contribution in [3.63, 3.8) is 0 Å². The molecule has 4 rings (SSSR count). The highest BCUT2D eigenvalue weighted by Crippen LogP contribution is 2.29. The van der Waals surface area contributed by atoms with Gasteiger partial charge in [0.05, 0.1) is 26.2 Å². The van der Waals surface area contributed by atoms with Crippen LogP contribution in [0.1, 0.15) is 11.1 Å². The number of aryl methyl sites for hydroxylation is 1. The smallest absolute Gasteiger partial charge is 0.250 e. The molecule has 184 valence electrons. The van der Waals surface area contributed by atoms with Crippen LogP contribution in [0.25, 0.3) is 17.1 Å². The highest BCUT2D eigenvalue weighted by molar-refractivity contribution is 7.99. The Morgan fingerprint density at radius 3 is 2.50 bits per heavy atom. The number of nitrogens with zero attached hydrogens (tertiary/aromatic N) is 4. The molecule has 0 radical (unpaired) electrons. The number of hydrogen-bond donors (Lipinski definition) is 2. The number of carbonyl (C=O) groups excluding carboxylic acids is 1. The number of phenolic OH excluding ortho intramolecular Hbond substituents is 1. The van der Waals surface area contributed by atoms with Crippen LogP contribution in [0.5, 0.6) is 17.2 Å². The number of thioether (sulfide) groups is 1. The molecule has 0 saturated carbocycles. The molecule has 0 unspecified atom stereocenters. The summed E-state index contributed by atoms with van der Waals surface area (Å²) in [6.45, 7) is 2.03. The minimum atomic E-state index is -0.303. The highest BCUT2D eigenvalue weighted by atomic mass is 32.2. The normalized spacial score (nSPS) is 11.0. The Labute approximate surface area is 212 Å². The lowest BCUT2D eigenvalue weighted by molar-refractivity contribution is -0.118. The van der Waals surface area contributed by atoms with Crippen molar-refractivity contribution in [2.24, 2.45) is 5.10 Å². The number of benzene rings is 3. The maximum absolute atomic E-state index is 12.4. The average molecular weight is 504 g/mol. The van der Waals surface area contributed by atoms with Gasteiger partial charge in [-0.1, -0.05) is 41.6 Å². The van der Waals surface area contributed by atoms with E-state index in [-0.39, 0.29) is 17.4 Å². The lowest BCUT2D eigenvalue weighted by Gasteiger charge is -2.11. The van der Waals surface area contributed by atoms with Gasteiger partial charge in [0.1, 0.15) is 5.75 Å². The van der Waals surface area contributed by atoms with Crippen molar-refractivity contribution in [1.29, 1.82) is 0 Å². The molecule has 10 heteroatoms. The molecule has 3 aromatic carbocycles. The van der Waals surface area contributed by atoms with Gasteiger partial charge in [-0.3, -0.25) is 9.36 Å². The van der Waals surface area contributed by atoms with Crippen molar-refractivity contribution < 1.29 is 19.4 Å². The van der Waals surface area contributed by atoms with Crippen molar-refractivity contribution in [3.8, 4) is 34.3 Å². The maximum atomic E-state index is 12.4. The standard InChI is InChI=1S/C26H25N5O4S/c1-17-4-7-19(8-5-17)25-29-30-26(31(25)20-9-11-21(34-2)12-10-20)36-16-24(33)28-27-15-18-6-13-22(32)23(14-18)35-3/h4-15,32H,16H2,1-3H3,(H,28,33)/b27-15-. The third kappa shape index (κ3) is 5.84. The second-order valence-corrected chi connectivity index (χ2v) is 8.66. The minimum absolute atomic E-state index is 0.0288. The number of aromatic hydroxyl groups is 1. The molecule has 0 aliphatic rings. The fraction of sp³-hybridized carbons (Fsp3) is 0.154. The Morgan fingerprint density at radius 2 is 1.81 bits per heavy atom. The lowest BCUT2D eigenvalue weighted by atomic mass is 10.1. The van der Waals surface area contributed by atoms with Gasteiger partial charge in [0, 0.05) is 11.3 Å². The average Bonchev–Trinajstić information content (AvgIpc) is 3.32. The first kappa shape index (κ1) is 24.8. The van der Waals surface area contributed by atoms with E-state index in [2.05, 4.69) is 20.7 Å². The van der Waals surface area contributed by atoms with Crippen LogP contribution < -0.4 is 14.9 Å². The predicted octanol–water partition coefficient (Wildman–Crippen LogP) is 4.21. The molecule has 0 fully saturated rings. The molecule has 0 spiro atoms. The number of ether oxygens (including phenoxy) is 2. The molecule has 9 nitrogen and oxygen atoms in total. The second-order valence-electron chi connectivity index (χ2n) is 7.72. The number of nitrogens with one attached hydrogen (secondary N) is 1. The van der Waals surface area contributed by atoms with Gasteiger partial charge in [-0.05, 0) is 55.0 Å². The third-order valence-corrected chi connectivity index (χ3v) is 6.14. The third-order valence-electron chi connectivity index (χ3n) is 5.21. The zero-order chi connectivity index (χ0) is 25.5. The molecule has 1 aromatic heterocycles. The number of methoxy groups -OCH3 is 2. The Balaban J connectivity index is 1.50. The van der Waals surface area contributed by atoms with E-state index in [0.717, 1.165) is 22.6 Å². The van der Waals surface area contributed by atoms with E-state index in [1.54, 1.807) is 19.2 Å². The van der Waals surface area contributed by atoms with Gasteiger partial charge >= 0.3 is 0 Å². The summed E-state index contributed by atoms with van der Waals surface area (Å²) >= 11 is 1.25. The quantitative estimate of drug-likeness (QED) is 0.200. The van der Waals surface area contributed by atoms with E-state index in [9.17, 15) is 9.90 Å². The van der Waals surface area contributed by atoms with Crippen molar-refractivity contribution in [2.75, 3.05) is 20.0 Å². The fourth-order valence-corrected chi connectivity index (χ4v) is 4.08. The first-order valence-electron chi connectivity index (χ1n) is 11.0. The molecule has 2 N–H and O–H groups in total. The van der Waals surface area contributed by atoms with Crippen molar-refractivity contribution in [3.05, 3.63) is 77.9 Å². The van der Waals surface area contributed by atoms with Gasteiger partial charge < -0.3 is 14.6 Å². The predicted molar refractivity (Wildman–Crippen MR) is 139 cm³/mol. The summed E-state index contributed by atoms with van der Waals surface area (Å²) in [6, 6.07) is 20.4. The summed E-state index contributed by atoms with van der Waals surface area (Å²) in [7, 11) is 3.08. The number of phenols is 1. The molecular weight excluding hydrogens is 478 g/mol. The van der Waals surface area contributed by atoms with Gasteiger partial charge in [0.25, 0.3) is 5.91 Å². The zero-order valence-corrected chi connectivity index (χ0v) is 20.8. The van der Waals surface area contributed by atoms with Crippen LogP contribution in [-0.2, 0) is 4.79 Å². The molecule has 1 amide bonds. The molecular formula is C26H25N5O4S. The molecule has 0 aliphatic heterocycles. The van der Waals surface area contributed by atoms with Crippen LogP contribution in [-0.4, -0.2) is 52.0 Å². The van der Waals surface area contributed by atoms with Gasteiger partial charge in [0.2, 0.25) is 0 Å². The first-order chi connectivity index (χ1) is 17.5. The molecule has 1 heterocycles. The molecule has 0 atom stereocenters. The highest BCUT2D eigenvalue weighted by Gasteiger charge is 2.17. The number of rotatable bonds is 9. The molecule has 0 aliphatic carbocycles. The Kier molecular flexibility index (Phi) is 7.86. The maximum Gasteiger partial charge on any atom is 0.250 e. The van der Waals surface area contributed by atoms with Gasteiger partial charge in [0.15, 0.2) is 22.5 Å². The lowest BCUT2D eigenvalue weighted by Crippen LogP contribution is -2.20. The molecule has 0 bridgehead atoms. The van der Waals surface area contributed by atoms with Crippen LogP contribution in [0, 0.1) is 6.92 Å². The van der Waals surface area contributed by atoms with Crippen molar-refractivity contribution >= 4 is 23.9 Å². The Morgan fingerprint density at radius 1 is 1.06 bits per heavy atom. The SMILES string of the molecule is COc1ccc(-n2c(SCC(=O)N/N=C\c3ccc(O)c(OC)c3)nnc2-c2ccc(C)cc2)cc1. The van der Waals surface area contributed by atoms with E-state index >= 15 is 0 Å². The summed E-state index contributed by atoms with van der Waals surface area (Å²) in [5, 5.41) is 23.0. The van der Waals surface area contributed by atoms with Crippen LogP contribution >= 0.6 is 11.8 Å². The summed E-state index contributed by atoms with van der Waals surface area (Å²) in [5.41, 5.74) is 6.07. The Bertz CT molecular complexity index is 1370. The molecule has 4 aromatic rings. The van der Waals surface area contributed by atoms with Crippen molar-refractivity contribution in [2.45, 2.75) is 12.1 Å². The van der Waals surface area contributed by atoms with E-state index in [1.165, 1.54) is 31.2 Å². The zero-order valence-electron chi connectivity index (χ0n) is 20.0. The summed E-state index contributed by atoms with van der Waals surface area (Å²) in [5.74, 6) is 1.54. The van der Waals surface area contributed by atoms with E-state index in [4.69, 9.17) is 9.47 Å². The van der Waals surface area contributed by atoms with Crippen LogP contribution in [0.15, 0.2) is 77.0 Å². The van der Waals surface area contributed by atoms with Crippen LogP contribution in [0.3, 0.4) is 0 Å². The largest absolute Gasteiger partial charge is 0.504 e. The van der Waals surface area contributed by atoms with Crippen molar-refractivity contribution in [1.82, 2.24) is 20.2 Å². The minimum Gasteiger partial charge on any atom is -0.504 e. The number of hydrogen-bond acceptors (Lipinski definition) is 8. The van der Waals surface area contributed by atoms with Crippen LogP contribution in [0.4, 0.5) is 0 Å². The second kappa shape index (κ2) is 11.4. The number of amides is 1. The van der Waals surface area contributed by atoms with Gasteiger partial charge in [-0.25, -0.2) is 5.43 Å². The van der Waals surface area contributed by atoms with E-state index in [1.807, 2.05) is 60.0 Å². The summed E-state index contributed by atoms with van der Waals surface area (Å²) < 4.78 is 12.3. The number of carbonyl (C=O) groups is 1. The van der Waals surface area contributed by atoms with Crippen LogP contribution in [0.2, 0.25) is 0 Å². The number of aromatic nitrogens is 3. The molecule has 0 saturated heterocycles. The Hall–Kier alpha value is -4.31. The van der Waals surface area contributed by atoms with E-state index in [0.29, 0.717) is 22.3 Å². The van der Waals surface area contributed by atoms with E-state index < -0.39 is 0 Å².